The number of hydrogen-bond acceptors (Lipinski definition) is 2. The fraction of sp³-hybridized carbons (Fsp3) is 0. The summed E-state index contributed by atoms with van der Waals surface area (Å²) in [6.07, 6.45) is 0. The highest BCUT2D eigenvalue weighted by atomic mass is 15.1. The Bertz CT molecular complexity index is 1730. The van der Waals surface area contributed by atoms with Crippen molar-refractivity contribution in [1.29, 1.82) is 0 Å². The van der Waals surface area contributed by atoms with Crippen LogP contribution in [0.4, 0.5) is 34.1 Å². The molecule has 2 heteroatoms. The molecule has 210 valence electrons. The molecule has 0 saturated carbocycles. The van der Waals surface area contributed by atoms with E-state index in [1.54, 1.807) is 0 Å². The van der Waals surface area contributed by atoms with E-state index in [1.807, 2.05) is 0 Å². The van der Waals surface area contributed by atoms with Gasteiger partial charge in [0, 0.05) is 34.1 Å². The maximum atomic E-state index is 2.30. The average molecular weight is 565 g/mol. The molecule has 0 aliphatic rings. The van der Waals surface area contributed by atoms with Crippen molar-refractivity contribution in [3.63, 3.8) is 0 Å². The molecule has 0 N–H and O–H groups in total. The van der Waals surface area contributed by atoms with E-state index >= 15 is 0 Å². The molecule has 0 spiro atoms. The zero-order valence-electron chi connectivity index (χ0n) is 24.4. The predicted octanol–water partition coefficient (Wildman–Crippen LogP) is 12.0. The first-order valence-electron chi connectivity index (χ1n) is 14.9. The fourth-order valence-corrected chi connectivity index (χ4v) is 5.73. The molecule has 0 aliphatic carbocycles. The van der Waals surface area contributed by atoms with Crippen LogP contribution in [0.15, 0.2) is 194 Å². The first-order chi connectivity index (χ1) is 21.8. The quantitative estimate of drug-likeness (QED) is 0.181. The summed E-state index contributed by atoms with van der Waals surface area (Å²) >= 11 is 0. The van der Waals surface area contributed by atoms with Crippen molar-refractivity contribution in [3.8, 4) is 22.3 Å². The van der Waals surface area contributed by atoms with Crippen LogP contribution in [0.25, 0.3) is 22.3 Å². The van der Waals surface area contributed by atoms with Crippen LogP contribution in [-0.4, -0.2) is 0 Å². The van der Waals surface area contributed by atoms with Gasteiger partial charge in [-0.05, 0) is 101 Å². The van der Waals surface area contributed by atoms with Crippen LogP contribution in [-0.2, 0) is 0 Å². The lowest BCUT2D eigenvalue weighted by molar-refractivity contribution is 1.28. The molecule has 0 atom stereocenters. The second-order valence-electron chi connectivity index (χ2n) is 10.7. The third-order valence-corrected chi connectivity index (χ3v) is 7.80. The molecule has 7 aromatic carbocycles. The van der Waals surface area contributed by atoms with Crippen LogP contribution in [0.5, 0.6) is 0 Å². The molecular formula is C42H32N2. The van der Waals surface area contributed by atoms with Gasteiger partial charge in [-0.3, -0.25) is 0 Å². The van der Waals surface area contributed by atoms with Crippen molar-refractivity contribution in [3.05, 3.63) is 194 Å². The smallest absolute Gasteiger partial charge is 0.0467 e. The van der Waals surface area contributed by atoms with Gasteiger partial charge in [-0.25, -0.2) is 0 Å². The third kappa shape index (κ3) is 5.74. The molecule has 0 unspecified atom stereocenters. The van der Waals surface area contributed by atoms with Gasteiger partial charge < -0.3 is 9.80 Å². The molecule has 0 saturated heterocycles. The van der Waals surface area contributed by atoms with E-state index < -0.39 is 0 Å². The monoisotopic (exact) mass is 564 g/mol. The number of para-hydroxylation sites is 4. The highest BCUT2D eigenvalue weighted by Gasteiger charge is 2.15. The van der Waals surface area contributed by atoms with Crippen molar-refractivity contribution >= 4 is 34.1 Å². The molecule has 0 amide bonds. The normalized spacial score (nSPS) is 10.7. The summed E-state index contributed by atoms with van der Waals surface area (Å²) in [6, 6.07) is 68.6. The highest BCUT2D eigenvalue weighted by molar-refractivity contribution is 5.83. The first kappa shape index (κ1) is 27.0. The Morgan fingerprint density at radius 2 is 0.455 bits per heavy atom. The van der Waals surface area contributed by atoms with Crippen LogP contribution < -0.4 is 9.80 Å². The van der Waals surface area contributed by atoms with Crippen molar-refractivity contribution in [2.45, 2.75) is 0 Å². The van der Waals surface area contributed by atoms with E-state index in [9.17, 15) is 0 Å². The van der Waals surface area contributed by atoms with Gasteiger partial charge in [0.25, 0.3) is 0 Å². The Balaban J connectivity index is 1.26. The summed E-state index contributed by atoms with van der Waals surface area (Å²) in [7, 11) is 0. The number of rotatable bonds is 8. The molecule has 0 heterocycles. The lowest BCUT2D eigenvalue weighted by atomic mass is 9.98. The SMILES string of the molecule is c1ccc(N(c2ccccc2)c2cccc(-c3cccc(-c4cccc(N(c5ccccc5)c5ccccc5)c4)c3)c2)cc1. The van der Waals surface area contributed by atoms with Gasteiger partial charge in [0.15, 0.2) is 0 Å². The van der Waals surface area contributed by atoms with Crippen LogP contribution >= 0.6 is 0 Å². The minimum absolute atomic E-state index is 1.12. The van der Waals surface area contributed by atoms with Gasteiger partial charge in [-0.1, -0.05) is 115 Å². The van der Waals surface area contributed by atoms with Crippen LogP contribution in [0, 0.1) is 0 Å². The summed E-state index contributed by atoms with van der Waals surface area (Å²) in [5.41, 5.74) is 11.5. The van der Waals surface area contributed by atoms with Crippen molar-refractivity contribution in [2.75, 3.05) is 9.80 Å². The number of anilines is 6. The van der Waals surface area contributed by atoms with Crippen LogP contribution in [0.3, 0.4) is 0 Å². The minimum atomic E-state index is 1.12. The second kappa shape index (κ2) is 12.6. The zero-order chi connectivity index (χ0) is 29.6. The molecule has 7 rings (SSSR count). The Labute approximate surface area is 259 Å². The largest absolute Gasteiger partial charge is 0.310 e. The fourth-order valence-electron chi connectivity index (χ4n) is 5.73. The molecule has 0 fully saturated rings. The average Bonchev–Trinajstić information content (AvgIpc) is 3.11. The third-order valence-electron chi connectivity index (χ3n) is 7.80. The second-order valence-corrected chi connectivity index (χ2v) is 10.7. The summed E-state index contributed by atoms with van der Waals surface area (Å²) in [4.78, 5) is 4.61. The van der Waals surface area contributed by atoms with E-state index in [4.69, 9.17) is 0 Å². The maximum absolute atomic E-state index is 2.30. The van der Waals surface area contributed by atoms with Gasteiger partial charge in [-0.2, -0.15) is 0 Å². The Morgan fingerprint density at radius 3 is 0.773 bits per heavy atom. The van der Waals surface area contributed by atoms with E-state index in [0.29, 0.717) is 0 Å². The summed E-state index contributed by atoms with van der Waals surface area (Å²) in [5, 5.41) is 0. The number of benzene rings is 7. The van der Waals surface area contributed by atoms with Gasteiger partial charge in [0.2, 0.25) is 0 Å². The van der Waals surface area contributed by atoms with E-state index in [2.05, 4.69) is 204 Å². The van der Waals surface area contributed by atoms with Crippen LogP contribution in [0.2, 0.25) is 0 Å². The summed E-state index contributed by atoms with van der Waals surface area (Å²) in [5.74, 6) is 0. The standard InChI is InChI=1S/C42H32N2/c1-5-20-37(21-6-1)43(38-22-7-2-8-23-38)41-28-14-18-35(31-41)33-16-13-17-34(30-33)36-19-15-29-42(32-36)44(39-24-9-3-10-25-39)40-26-11-4-12-27-40/h1-32H. The van der Waals surface area contributed by atoms with Crippen molar-refractivity contribution in [2.24, 2.45) is 0 Å². The van der Waals surface area contributed by atoms with E-state index in [-0.39, 0.29) is 0 Å². The zero-order valence-corrected chi connectivity index (χ0v) is 24.4. The van der Waals surface area contributed by atoms with E-state index in [1.165, 1.54) is 22.3 Å². The molecule has 0 aromatic heterocycles. The Kier molecular flexibility index (Phi) is 7.71. The molecule has 0 aliphatic heterocycles. The highest BCUT2D eigenvalue weighted by Crippen LogP contribution is 2.39. The topological polar surface area (TPSA) is 6.48 Å². The maximum Gasteiger partial charge on any atom is 0.0467 e. The molecule has 0 bridgehead atoms. The lowest BCUT2D eigenvalue weighted by Crippen LogP contribution is -2.09. The van der Waals surface area contributed by atoms with E-state index in [0.717, 1.165) is 34.1 Å². The minimum Gasteiger partial charge on any atom is -0.310 e. The summed E-state index contributed by atoms with van der Waals surface area (Å²) in [6.45, 7) is 0. The summed E-state index contributed by atoms with van der Waals surface area (Å²) < 4.78 is 0. The molecule has 44 heavy (non-hydrogen) atoms. The Hall–Kier alpha value is -5.86. The van der Waals surface area contributed by atoms with Crippen molar-refractivity contribution < 1.29 is 0 Å². The Morgan fingerprint density at radius 1 is 0.205 bits per heavy atom. The first-order valence-corrected chi connectivity index (χ1v) is 14.9. The predicted molar refractivity (Wildman–Crippen MR) is 187 cm³/mol. The van der Waals surface area contributed by atoms with Gasteiger partial charge in [0.1, 0.15) is 0 Å². The number of nitrogens with zero attached hydrogens (tertiary/aromatic N) is 2. The van der Waals surface area contributed by atoms with Gasteiger partial charge in [-0.15, -0.1) is 0 Å². The van der Waals surface area contributed by atoms with Gasteiger partial charge >= 0.3 is 0 Å². The van der Waals surface area contributed by atoms with Gasteiger partial charge in [0.05, 0.1) is 0 Å². The molecule has 7 aromatic rings. The molecular weight excluding hydrogens is 532 g/mol. The lowest BCUT2D eigenvalue weighted by Gasteiger charge is -2.26. The molecule has 2 nitrogen and oxygen atoms in total. The van der Waals surface area contributed by atoms with Crippen LogP contribution in [0.1, 0.15) is 0 Å². The number of hydrogen-bond donors (Lipinski definition) is 0. The molecule has 0 radical (unpaired) electrons. The van der Waals surface area contributed by atoms with Crippen molar-refractivity contribution in [1.82, 2.24) is 0 Å².